The number of anilines is 1. The molecular weight excluding hydrogens is 320 g/mol. The van der Waals surface area contributed by atoms with Gasteiger partial charge in [-0.2, -0.15) is 0 Å². The highest BCUT2D eigenvalue weighted by Gasteiger charge is 2.25. The summed E-state index contributed by atoms with van der Waals surface area (Å²) in [7, 11) is 0. The fraction of sp³-hybridized carbons (Fsp3) is 0.467. The number of aryl methyl sites for hydroxylation is 1. The lowest BCUT2D eigenvalue weighted by molar-refractivity contribution is -0.137. The molecule has 0 atom stereocenters. The van der Waals surface area contributed by atoms with Gasteiger partial charge in [0.05, 0.1) is 0 Å². The Morgan fingerprint density at radius 2 is 1.90 bits per heavy atom. The van der Waals surface area contributed by atoms with E-state index in [9.17, 15) is 9.59 Å². The van der Waals surface area contributed by atoms with Gasteiger partial charge in [-0.05, 0) is 45.4 Å². The molecule has 0 aromatic heterocycles. The molecular formula is C15H21BrN2O2. The van der Waals surface area contributed by atoms with E-state index in [0.717, 1.165) is 10.0 Å². The highest BCUT2D eigenvalue weighted by atomic mass is 79.9. The summed E-state index contributed by atoms with van der Waals surface area (Å²) in [6.45, 7) is 9.22. The number of hydrogen-bond donors (Lipinski definition) is 1. The van der Waals surface area contributed by atoms with E-state index in [-0.39, 0.29) is 23.9 Å². The molecule has 0 saturated heterocycles. The molecule has 0 bridgehead atoms. The summed E-state index contributed by atoms with van der Waals surface area (Å²) in [6.07, 6.45) is 0. The molecule has 20 heavy (non-hydrogen) atoms. The number of nitrogens with one attached hydrogen (secondary N) is 1. The van der Waals surface area contributed by atoms with Gasteiger partial charge in [0.2, 0.25) is 11.8 Å². The molecule has 1 N–H and O–H groups in total. The van der Waals surface area contributed by atoms with Gasteiger partial charge in [0.1, 0.15) is 6.54 Å². The second kappa shape index (κ2) is 6.39. The fourth-order valence-electron chi connectivity index (χ4n) is 1.84. The van der Waals surface area contributed by atoms with E-state index in [4.69, 9.17) is 0 Å². The van der Waals surface area contributed by atoms with Crippen molar-refractivity contribution in [1.82, 2.24) is 4.90 Å². The summed E-state index contributed by atoms with van der Waals surface area (Å²) in [5.74, 6) is -0.316. The third-order valence-corrected chi connectivity index (χ3v) is 3.80. The van der Waals surface area contributed by atoms with Gasteiger partial charge in [-0.25, -0.2) is 0 Å². The van der Waals surface area contributed by atoms with Crippen LogP contribution in [0.5, 0.6) is 0 Å². The molecule has 0 fully saturated rings. The van der Waals surface area contributed by atoms with E-state index in [1.807, 2.05) is 45.9 Å². The number of benzene rings is 1. The predicted molar refractivity (Wildman–Crippen MR) is 84.6 cm³/mol. The quantitative estimate of drug-likeness (QED) is 0.917. The van der Waals surface area contributed by atoms with Crippen LogP contribution in [0.4, 0.5) is 5.69 Å². The van der Waals surface area contributed by atoms with Crippen LogP contribution >= 0.6 is 15.9 Å². The Morgan fingerprint density at radius 1 is 1.30 bits per heavy atom. The van der Waals surface area contributed by atoms with Gasteiger partial charge in [0.15, 0.2) is 0 Å². The average Bonchev–Trinajstić information content (AvgIpc) is 2.29. The lowest BCUT2D eigenvalue weighted by Crippen LogP contribution is -2.48. The number of carbonyl (C=O) groups excluding carboxylic acids is 2. The molecule has 0 heterocycles. The fourth-order valence-corrected chi connectivity index (χ4v) is 2.21. The van der Waals surface area contributed by atoms with E-state index < -0.39 is 0 Å². The van der Waals surface area contributed by atoms with E-state index in [0.29, 0.717) is 5.69 Å². The van der Waals surface area contributed by atoms with Crippen LogP contribution in [0.1, 0.15) is 33.3 Å². The van der Waals surface area contributed by atoms with Crippen molar-refractivity contribution in [2.45, 2.75) is 40.2 Å². The van der Waals surface area contributed by atoms with Crippen molar-refractivity contribution in [3.8, 4) is 0 Å². The smallest absolute Gasteiger partial charge is 0.244 e. The van der Waals surface area contributed by atoms with Gasteiger partial charge in [-0.1, -0.05) is 22.0 Å². The Labute approximate surface area is 128 Å². The van der Waals surface area contributed by atoms with Crippen LogP contribution < -0.4 is 5.32 Å². The summed E-state index contributed by atoms with van der Waals surface area (Å²) in [4.78, 5) is 25.2. The van der Waals surface area contributed by atoms with E-state index >= 15 is 0 Å². The molecule has 1 rings (SSSR count). The lowest BCUT2D eigenvalue weighted by Gasteiger charge is -2.34. The summed E-state index contributed by atoms with van der Waals surface area (Å²) < 4.78 is 0.939. The molecule has 1 aromatic carbocycles. The first-order chi connectivity index (χ1) is 9.11. The van der Waals surface area contributed by atoms with Gasteiger partial charge in [0, 0.05) is 22.6 Å². The molecule has 0 saturated carbocycles. The van der Waals surface area contributed by atoms with Crippen LogP contribution in [0.25, 0.3) is 0 Å². The van der Waals surface area contributed by atoms with Gasteiger partial charge >= 0.3 is 0 Å². The van der Waals surface area contributed by atoms with E-state index in [2.05, 4.69) is 21.2 Å². The van der Waals surface area contributed by atoms with Gasteiger partial charge < -0.3 is 10.2 Å². The second-order valence-corrected chi connectivity index (χ2v) is 6.64. The number of carbonyl (C=O) groups is 2. The van der Waals surface area contributed by atoms with Crippen LogP contribution in [0.15, 0.2) is 22.7 Å². The molecule has 0 unspecified atom stereocenters. The highest BCUT2D eigenvalue weighted by Crippen LogP contribution is 2.21. The molecule has 2 amide bonds. The number of amides is 2. The van der Waals surface area contributed by atoms with Crippen LogP contribution in [0.2, 0.25) is 0 Å². The van der Waals surface area contributed by atoms with Crippen molar-refractivity contribution in [2.24, 2.45) is 0 Å². The lowest BCUT2D eigenvalue weighted by atomic mass is 10.1. The number of halogens is 1. The number of rotatable bonds is 3. The maximum atomic E-state index is 12.0. The monoisotopic (exact) mass is 340 g/mol. The first-order valence-electron chi connectivity index (χ1n) is 6.45. The summed E-state index contributed by atoms with van der Waals surface area (Å²) in [5.41, 5.74) is 1.43. The standard InChI is InChI=1S/C15H21BrN2O2/c1-10-6-7-12(8-13(10)16)17-14(20)9-18(11(2)19)15(3,4)5/h6-8H,9H2,1-5H3,(H,17,20). The number of hydrogen-bond acceptors (Lipinski definition) is 2. The summed E-state index contributed by atoms with van der Waals surface area (Å²) in [6, 6.07) is 5.61. The Balaban J connectivity index is 2.76. The van der Waals surface area contributed by atoms with Crippen LogP contribution in [0, 0.1) is 6.92 Å². The first-order valence-corrected chi connectivity index (χ1v) is 7.25. The van der Waals surface area contributed by atoms with Crippen molar-refractivity contribution in [3.63, 3.8) is 0 Å². The predicted octanol–water partition coefficient (Wildman–Crippen LogP) is 3.34. The van der Waals surface area contributed by atoms with Crippen LogP contribution in [0.3, 0.4) is 0 Å². The maximum Gasteiger partial charge on any atom is 0.244 e. The molecule has 4 nitrogen and oxygen atoms in total. The van der Waals surface area contributed by atoms with Crippen molar-refractivity contribution in [1.29, 1.82) is 0 Å². The Hall–Kier alpha value is -1.36. The molecule has 5 heteroatoms. The molecule has 0 spiro atoms. The van der Waals surface area contributed by atoms with Crippen LogP contribution in [-0.4, -0.2) is 28.8 Å². The number of nitrogens with zero attached hydrogens (tertiary/aromatic N) is 1. The SMILES string of the molecule is CC(=O)N(CC(=O)Nc1ccc(C)c(Br)c1)C(C)(C)C. The first kappa shape index (κ1) is 16.7. The third-order valence-electron chi connectivity index (χ3n) is 2.95. The minimum absolute atomic E-state index is 0.0460. The Kier molecular flexibility index (Phi) is 5.34. The molecule has 0 aliphatic carbocycles. The van der Waals surface area contributed by atoms with Crippen molar-refractivity contribution in [3.05, 3.63) is 28.2 Å². The largest absolute Gasteiger partial charge is 0.329 e. The third kappa shape index (κ3) is 4.63. The maximum absolute atomic E-state index is 12.0. The second-order valence-electron chi connectivity index (χ2n) is 5.79. The van der Waals surface area contributed by atoms with Gasteiger partial charge in [-0.15, -0.1) is 0 Å². The highest BCUT2D eigenvalue weighted by molar-refractivity contribution is 9.10. The molecule has 0 radical (unpaired) electrons. The summed E-state index contributed by atoms with van der Waals surface area (Å²) >= 11 is 3.43. The Morgan fingerprint density at radius 3 is 2.35 bits per heavy atom. The molecule has 0 aliphatic rings. The minimum atomic E-state index is -0.378. The van der Waals surface area contributed by atoms with E-state index in [1.165, 1.54) is 6.92 Å². The minimum Gasteiger partial charge on any atom is -0.329 e. The van der Waals surface area contributed by atoms with Gasteiger partial charge in [-0.3, -0.25) is 9.59 Å². The molecule has 0 aliphatic heterocycles. The summed E-state index contributed by atoms with van der Waals surface area (Å²) in [5, 5.41) is 2.80. The zero-order chi connectivity index (χ0) is 15.5. The molecule has 1 aromatic rings. The zero-order valence-corrected chi connectivity index (χ0v) is 14.2. The topological polar surface area (TPSA) is 49.4 Å². The van der Waals surface area contributed by atoms with Gasteiger partial charge in [0.25, 0.3) is 0 Å². The average molecular weight is 341 g/mol. The van der Waals surface area contributed by atoms with Crippen molar-refractivity contribution >= 4 is 33.4 Å². The zero-order valence-electron chi connectivity index (χ0n) is 12.6. The Bertz CT molecular complexity index is 521. The van der Waals surface area contributed by atoms with E-state index in [1.54, 1.807) is 4.90 Å². The molecule has 110 valence electrons. The normalized spacial score (nSPS) is 11.1. The van der Waals surface area contributed by atoms with Crippen molar-refractivity contribution in [2.75, 3.05) is 11.9 Å². The van der Waals surface area contributed by atoms with Crippen LogP contribution in [-0.2, 0) is 9.59 Å². The van der Waals surface area contributed by atoms with Crippen molar-refractivity contribution < 1.29 is 9.59 Å².